The van der Waals surface area contributed by atoms with Gasteiger partial charge < -0.3 is 9.80 Å². The predicted molar refractivity (Wildman–Crippen MR) is 65.0 cm³/mol. The van der Waals surface area contributed by atoms with Crippen LogP contribution in [0.3, 0.4) is 0 Å². The van der Waals surface area contributed by atoms with E-state index in [9.17, 15) is 4.79 Å². The molecular weight excluding hydrogens is 240 g/mol. The quantitative estimate of drug-likeness (QED) is 0.747. The van der Waals surface area contributed by atoms with Crippen LogP contribution in [0.5, 0.6) is 0 Å². The third-order valence-corrected chi connectivity index (χ3v) is 3.13. The van der Waals surface area contributed by atoms with Crippen molar-refractivity contribution in [2.24, 2.45) is 0 Å². The average Bonchev–Trinajstić information content (AvgIpc) is 2.29. The number of amides is 1. The SMILES string of the molecule is CC1CN(C)CCN1C(=O)c1cnc(Cl)cn1. The Morgan fingerprint density at radius 3 is 2.76 bits per heavy atom. The first-order chi connectivity index (χ1) is 8.08. The van der Waals surface area contributed by atoms with Crippen molar-refractivity contribution in [1.82, 2.24) is 19.8 Å². The predicted octanol–water partition coefficient (Wildman–Crippen LogP) is 0.906. The molecule has 1 amide bonds. The highest BCUT2D eigenvalue weighted by molar-refractivity contribution is 6.29. The third kappa shape index (κ3) is 2.73. The van der Waals surface area contributed by atoms with Crippen LogP contribution in [-0.2, 0) is 0 Å². The Hall–Kier alpha value is -1.20. The van der Waals surface area contributed by atoms with E-state index in [4.69, 9.17) is 11.6 Å². The second-order valence-corrected chi connectivity index (χ2v) is 4.72. The molecular formula is C11H15ClN4O. The summed E-state index contributed by atoms with van der Waals surface area (Å²) in [5.74, 6) is -0.0743. The van der Waals surface area contributed by atoms with Crippen molar-refractivity contribution in [2.75, 3.05) is 26.7 Å². The van der Waals surface area contributed by atoms with Gasteiger partial charge in [-0.3, -0.25) is 4.79 Å². The van der Waals surface area contributed by atoms with E-state index in [0.717, 1.165) is 19.6 Å². The van der Waals surface area contributed by atoms with Gasteiger partial charge in [-0.15, -0.1) is 0 Å². The minimum Gasteiger partial charge on any atom is -0.332 e. The zero-order valence-corrected chi connectivity index (χ0v) is 10.7. The monoisotopic (exact) mass is 254 g/mol. The van der Waals surface area contributed by atoms with Gasteiger partial charge in [-0.25, -0.2) is 9.97 Å². The first kappa shape index (κ1) is 12.3. The fourth-order valence-electron chi connectivity index (χ4n) is 2.01. The number of hydrogen-bond acceptors (Lipinski definition) is 4. The van der Waals surface area contributed by atoms with Crippen LogP contribution in [0.1, 0.15) is 17.4 Å². The smallest absolute Gasteiger partial charge is 0.274 e. The van der Waals surface area contributed by atoms with E-state index in [1.165, 1.54) is 12.4 Å². The lowest BCUT2D eigenvalue weighted by Crippen LogP contribution is -2.52. The summed E-state index contributed by atoms with van der Waals surface area (Å²) in [4.78, 5) is 24.1. The summed E-state index contributed by atoms with van der Waals surface area (Å²) < 4.78 is 0. The number of likely N-dealkylation sites (N-methyl/N-ethyl adjacent to an activating group) is 1. The average molecular weight is 255 g/mol. The number of carbonyl (C=O) groups excluding carboxylic acids is 1. The highest BCUT2D eigenvalue weighted by Gasteiger charge is 2.27. The van der Waals surface area contributed by atoms with Gasteiger partial charge in [-0.1, -0.05) is 11.6 Å². The van der Waals surface area contributed by atoms with E-state index < -0.39 is 0 Å². The normalized spacial score (nSPS) is 21.6. The molecule has 0 spiro atoms. The Kier molecular flexibility index (Phi) is 3.59. The van der Waals surface area contributed by atoms with Crippen LogP contribution < -0.4 is 0 Å². The molecule has 1 fully saturated rings. The molecule has 1 aliphatic rings. The second-order valence-electron chi connectivity index (χ2n) is 4.33. The molecule has 1 atom stereocenters. The number of carbonyl (C=O) groups is 1. The van der Waals surface area contributed by atoms with Gasteiger partial charge in [0, 0.05) is 25.7 Å². The standard InChI is InChI=1S/C11H15ClN4O/c1-8-7-15(2)3-4-16(8)11(17)9-5-14-10(12)6-13-9/h5-6,8H,3-4,7H2,1-2H3. The van der Waals surface area contributed by atoms with E-state index in [2.05, 4.69) is 21.9 Å². The molecule has 1 aliphatic heterocycles. The maximum absolute atomic E-state index is 12.2. The van der Waals surface area contributed by atoms with Gasteiger partial charge in [0.2, 0.25) is 0 Å². The summed E-state index contributed by atoms with van der Waals surface area (Å²) in [6.45, 7) is 4.53. The molecule has 0 N–H and O–H groups in total. The van der Waals surface area contributed by atoms with Gasteiger partial charge in [0.1, 0.15) is 10.8 Å². The van der Waals surface area contributed by atoms with Gasteiger partial charge in [0.15, 0.2) is 0 Å². The van der Waals surface area contributed by atoms with Gasteiger partial charge >= 0.3 is 0 Å². The summed E-state index contributed by atoms with van der Waals surface area (Å²) in [5.41, 5.74) is 0.353. The largest absolute Gasteiger partial charge is 0.332 e. The summed E-state index contributed by atoms with van der Waals surface area (Å²) in [6, 6.07) is 0.193. The van der Waals surface area contributed by atoms with Crippen molar-refractivity contribution in [3.8, 4) is 0 Å². The number of aromatic nitrogens is 2. The van der Waals surface area contributed by atoms with Crippen molar-refractivity contribution >= 4 is 17.5 Å². The van der Waals surface area contributed by atoms with Crippen molar-refractivity contribution in [1.29, 1.82) is 0 Å². The lowest BCUT2D eigenvalue weighted by atomic mass is 10.2. The topological polar surface area (TPSA) is 49.3 Å². The maximum atomic E-state index is 12.2. The Bertz CT molecular complexity index is 408. The zero-order chi connectivity index (χ0) is 12.4. The molecule has 1 saturated heterocycles. The number of nitrogens with zero attached hydrogens (tertiary/aromatic N) is 4. The summed E-state index contributed by atoms with van der Waals surface area (Å²) in [5, 5.41) is 0.299. The molecule has 0 bridgehead atoms. The number of hydrogen-bond donors (Lipinski definition) is 0. The second kappa shape index (κ2) is 4.98. The van der Waals surface area contributed by atoms with E-state index in [-0.39, 0.29) is 11.9 Å². The van der Waals surface area contributed by atoms with Crippen LogP contribution >= 0.6 is 11.6 Å². The van der Waals surface area contributed by atoms with Gasteiger partial charge in [0.05, 0.1) is 12.4 Å². The number of piperazine rings is 1. The highest BCUT2D eigenvalue weighted by atomic mass is 35.5. The fraction of sp³-hybridized carbons (Fsp3) is 0.545. The van der Waals surface area contributed by atoms with Crippen LogP contribution in [-0.4, -0.2) is 58.4 Å². The molecule has 6 heteroatoms. The molecule has 2 heterocycles. The van der Waals surface area contributed by atoms with E-state index in [1.807, 2.05) is 11.8 Å². The molecule has 1 unspecified atom stereocenters. The van der Waals surface area contributed by atoms with Gasteiger partial charge in [-0.05, 0) is 14.0 Å². The van der Waals surface area contributed by atoms with Crippen LogP contribution in [0.2, 0.25) is 5.15 Å². The Morgan fingerprint density at radius 1 is 1.41 bits per heavy atom. The molecule has 0 saturated carbocycles. The molecule has 1 aromatic heterocycles. The minimum atomic E-state index is -0.0743. The Morgan fingerprint density at radius 2 is 2.18 bits per heavy atom. The van der Waals surface area contributed by atoms with Crippen molar-refractivity contribution in [2.45, 2.75) is 13.0 Å². The molecule has 1 aromatic rings. The third-order valence-electron chi connectivity index (χ3n) is 2.93. The van der Waals surface area contributed by atoms with E-state index in [1.54, 1.807) is 0 Å². The zero-order valence-electron chi connectivity index (χ0n) is 9.93. The first-order valence-electron chi connectivity index (χ1n) is 5.55. The molecule has 0 aromatic carbocycles. The lowest BCUT2D eigenvalue weighted by Gasteiger charge is -2.37. The molecule has 0 aliphatic carbocycles. The number of rotatable bonds is 1. The summed E-state index contributed by atoms with van der Waals surface area (Å²) in [7, 11) is 2.06. The molecule has 5 nitrogen and oxygen atoms in total. The summed E-state index contributed by atoms with van der Waals surface area (Å²) in [6.07, 6.45) is 2.82. The first-order valence-corrected chi connectivity index (χ1v) is 5.93. The van der Waals surface area contributed by atoms with Gasteiger partial charge in [0.25, 0.3) is 5.91 Å². The fourth-order valence-corrected chi connectivity index (χ4v) is 2.11. The number of halogens is 1. The van der Waals surface area contributed by atoms with E-state index >= 15 is 0 Å². The minimum absolute atomic E-state index is 0.0743. The molecule has 17 heavy (non-hydrogen) atoms. The van der Waals surface area contributed by atoms with Crippen molar-refractivity contribution in [3.05, 3.63) is 23.2 Å². The molecule has 92 valence electrons. The highest BCUT2D eigenvalue weighted by Crippen LogP contribution is 2.12. The molecule has 2 rings (SSSR count). The maximum Gasteiger partial charge on any atom is 0.274 e. The van der Waals surface area contributed by atoms with E-state index in [0.29, 0.717) is 10.8 Å². The van der Waals surface area contributed by atoms with Crippen LogP contribution in [0.15, 0.2) is 12.4 Å². The van der Waals surface area contributed by atoms with Crippen molar-refractivity contribution in [3.63, 3.8) is 0 Å². The Balaban J connectivity index is 2.12. The van der Waals surface area contributed by atoms with Crippen LogP contribution in [0.4, 0.5) is 0 Å². The summed E-state index contributed by atoms with van der Waals surface area (Å²) >= 11 is 5.64. The molecule has 0 radical (unpaired) electrons. The van der Waals surface area contributed by atoms with Crippen LogP contribution in [0, 0.1) is 0 Å². The Labute approximate surface area is 105 Å². The lowest BCUT2D eigenvalue weighted by molar-refractivity contribution is 0.0527. The van der Waals surface area contributed by atoms with Crippen LogP contribution in [0.25, 0.3) is 0 Å². The van der Waals surface area contributed by atoms with Gasteiger partial charge in [-0.2, -0.15) is 0 Å². The van der Waals surface area contributed by atoms with Crippen molar-refractivity contribution < 1.29 is 4.79 Å².